The summed E-state index contributed by atoms with van der Waals surface area (Å²) in [6.45, 7) is 0.202. The molecule has 1 rings (SSSR count). The number of hydrogen-bond donors (Lipinski definition) is 2. The maximum atomic E-state index is 12.8. The lowest BCUT2D eigenvalue weighted by Gasteiger charge is -2.07. The highest BCUT2D eigenvalue weighted by Gasteiger charge is 2.09. The molecule has 1 aromatic rings. The quantitative estimate of drug-likeness (QED) is 0.640. The number of halogens is 1. The summed E-state index contributed by atoms with van der Waals surface area (Å²) in [7, 11) is 0. The molecular formula is C7H10FN3. The van der Waals surface area contributed by atoms with Gasteiger partial charge < -0.3 is 11.5 Å². The van der Waals surface area contributed by atoms with Crippen LogP contribution in [0.25, 0.3) is 0 Å². The summed E-state index contributed by atoms with van der Waals surface area (Å²) in [6, 6.07) is 2.33. The van der Waals surface area contributed by atoms with E-state index in [2.05, 4.69) is 4.98 Å². The number of nitrogens with two attached hydrogens (primary N) is 2. The lowest BCUT2D eigenvalue weighted by Crippen LogP contribution is -2.22. The maximum Gasteiger partial charge on any atom is 0.146 e. The van der Waals surface area contributed by atoms with Crippen LogP contribution in [-0.2, 0) is 0 Å². The van der Waals surface area contributed by atoms with Gasteiger partial charge in [0.25, 0.3) is 0 Å². The zero-order chi connectivity index (χ0) is 8.27. The van der Waals surface area contributed by atoms with Crippen molar-refractivity contribution in [3.05, 3.63) is 29.8 Å². The van der Waals surface area contributed by atoms with Crippen LogP contribution < -0.4 is 11.5 Å². The molecule has 0 aliphatic heterocycles. The number of aromatic nitrogens is 1. The smallest absolute Gasteiger partial charge is 0.146 e. The van der Waals surface area contributed by atoms with Crippen LogP contribution in [0.5, 0.6) is 0 Å². The fourth-order valence-electron chi connectivity index (χ4n) is 0.782. The number of hydrogen-bond acceptors (Lipinski definition) is 3. The first-order valence-corrected chi connectivity index (χ1v) is 3.31. The van der Waals surface area contributed by atoms with Gasteiger partial charge in [-0.3, -0.25) is 4.98 Å². The molecule has 0 spiro atoms. The van der Waals surface area contributed by atoms with Gasteiger partial charge in [-0.1, -0.05) is 0 Å². The van der Waals surface area contributed by atoms with E-state index in [0.29, 0.717) is 0 Å². The maximum absolute atomic E-state index is 12.8. The molecule has 0 aliphatic rings. The zero-order valence-corrected chi connectivity index (χ0v) is 6.00. The molecule has 0 saturated heterocycles. The highest BCUT2D eigenvalue weighted by Crippen LogP contribution is 2.09. The lowest BCUT2D eigenvalue weighted by molar-refractivity contribution is 0.568. The van der Waals surface area contributed by atoms with Crippen LogP contribution in [0.4, 0.5) is 4.39 Å². The van der Waals surface area contributed by atoms with Crippen molar-refractivity contribution in [1.82, 2.24) is 4.98 Å². The van der Waals surface area contributed by atoms with E-state index in [1.54, 1.807) is 0 Å². The molecule has 0 fully saturated rings. The molecule has 0 radical (unpaired) electrons. The third-order valence-electron chi connectivity index (χ3n) is 1.39. The molecule has 1 atom stereocenters. The molecule has 4 N–H and O–H groups in total. The van der Waals surface area contributed by atoms with Crippen LogP contribution in [0.2, 0.25) is 0 Å². The first-order valence-electron chi connectivity index (χ1n) is 3.31. The Morgan fingerprint density at radius 2 is 2.36 bits per heavy atom. The summed E-state index contributed by atoms with van der Waals surface area (Å²) in [5, 5.41) is 0. The highest BCUT2D eigenvalue weighted by molar-refractivity contribution is 5.11. The van der Waals surface area contributed by atoms with Gasteiger partial charge in [-0.15, -0.1) is 0 Å². The first-order chi connectivity index (χ1) is 5.25. The van der Waals surface area contributed by atoms with E-state index in [-0.39, 0.29) is 12.2 Å². The van der Waals surface area contributed by atoms with Crippen molar-refractivity contribution < 1.29 is 4.39 Å². The first kappa shape index (κ1) is 8.10. The Morgan fingerprint density at radius 3 is 2.91 bits per heavy atom. The number of nitrogens with zero attached hydrogens (tertiary/aromatic N) is 1. The topological polar surface area (TPSA) is 64.9 Å². The van der Waals surface area contributed by atoms with Crippen LogP contribution in [-0.4, -0.2) is 11.5 Å². The van der Waals surface area contributed by atoms with Gasteiger partial charge in [-0.05, 0) is 12.1 Å². The monoisotopic (exact) mass is 155 g/mol. The van der Waals surface area contributed by atoms with Crippen molar-refractivity contribution in [2.24, 2.45) is 11.5 Å². The van der Waals surface area contributed by atoms with Crippen LogP contribution in [0.1, 0.15) is 11.7 Å². The predicted octanol–water partition coefficient (Wildman–Crippen LogP) is 0.179. The minimum atomic E-state index is -0.504. The second kappa shape index (κ2) is 3.41. The molecule has 4 heteroatoms. The van der Waals surface area contributed by atoms with Crippen LogP contribution in [0.3, 0.4) is 0 Å². The Labute approximate surface area is 64.2 Å². The summed E-state index contributed by atoms with van der Waals surface area (Å²) >= 11 is 0. The normalized spacial score (nSPS) is 13.0. The molecule has 11 heavy (non-hydrogen) atoms. The van der Waals surface area contributed by atoms with Gasteiger partial charge in [0.2, 0.25) is 0 Å². The largest absolute Gasteiger partial charge is 0.329 e. The van der Waals surface area contributed by atoms with Crippen molar-refractivity contribution in [2.75, 3.05) is 6.54 Å². The Morgan fingerprint density at radius 1 is 1.64 bits per heavy atom. The van der Waals surface area contributed by atoms with E-state index >= 15 is 0 Å². The summed E-state index contributed by atoms with van der Waals surface area (Å²) in [5.74, 6) is -0.398. The Kier molecular flexibility index (Phi) is 2.51. The number of pyridine rings is 1. The fraction of sp³-hybridized carbons (Fsp3) is 0.286. The van der Waals surface area contributed by atoms with Crippen LogP contribution in [0, 0.1) is 5.82 Å². The average Bonchev–Trinajstić information content (AvgIpc) is 2.04. The van der Waals surface area contributed by atoms with Gasteiger partial charge in [0.05, 0.1) is 11.7 Å². The van der Waals surface area contributed by atoms with Crippen molar-refractivity contribution >= 4 is 0 Å². The molecule has 60 valence electrons. The molecule has 0 amide bonds. The molecule has 0 aliphatic carbocycles. The van der Waals surface area contributed by atoms with E-state index in [4.69, 9.17) is 11.5 Å². The predicted molar refractivity (Wildman–Crippen MR) is 40.2 cm³/mol. The third-order valence-corrected chi connectivity index (χ3v) is 1.39. The van der Waals surface area contributed by atoms with Crippen LogP contribution >= 0.6 is 0 Å². The second-order valence-corrected chi connectivity index (χ2v) is 2.21. The molecule has 1 aromatic heterocycles. The van der Waals surface area contributed by atoms with Gasteiger partial charge in [0.1, 0.15) is 5.82 Å². The molecule has 3 nitrogen and oxygen atoms in total. The molecular weight excluding hydrogens is 145 g/mol. The van der Waals surface area contributed by atoms with E-state index in [9.17, 15) is 4.39 Å². The van der Waals surface area contributed by atoms with Crippen molar-refractivity contribution in [1.29, 1.82) is 0 Å². The lowest BCUT2D eigenvalue weighted by atomic mass is 10.2. The van der Waals surface area contributed by atoms with Gasteiger partial charge in [0.15, 0.2) is 0 Å². The van der Waals surface area contributed by atoms with Crippen molar-refractivity contribution in [3.8, 4) is 0 Å². The van der Waals surface area contributed by atoms with Crippen molar-refractivity contribution in [2.45, 2.75) is 6.04 Å². The summed E-state index contributed by atoms with van der Waals surface area (Å²) in [6.07, 6.45) is 1.49. The van der Waals surface area contributed by atoms with E-state index in [1.807, 2.05) is 0 Å². The van der Waals surface area contributed by atoms with E-state index < -0.39 is 11.9 Å². The van der Waals surface area contributed by atoms with Gasteiger partial charge >= 0.3 is 0 Å². The molecule has 0 aromatic carbocycles. The Balaban J connectivity index is 2.93. The zero-order valence-electron chi connectivity index (χ0n) is 6.00. The Bertz CT molecular complexity index is 239. The summed E-state index contributed by atoms with van der Waals surface area (Å²) in [4.78, 5) is 3.77. The Hall–Kier alpha value is -1.00. The van der Waals surface area contributed by atoms with Gasteiger partial charge in [-0.2, -0.15) is 0 Å². The minimum Gasteiger partial charge on any atom is -0.329 e. The van der Waals surface area contributed by atoms with E-state index in [1.165, 1.54) is 18.3 Å². The average molecular weight is 155 g/mol. The van der Waals surface area contributed by atoms with Gasteiger partial charge in [0, 0.05) is 12.7 Å². The minimum absolute atomic E-state index is 0.202. The molecule has 1 heterocycles. The molecule has 1 unspecified atom stereocenters. The van der Waals surface area contributed by atoms with Crippen molar-refractivity contribution in [3.63, 3.8) is 0 Å². The standard InChI is InChI=1S/C7H10FN3/c8-5-2-1-3-11-7(5)6(10)4-9/h1-3,6H,4,9-10H2. The fourth-order valence-corrected chi connectivity index (χ4v) is 0.782. The van der Waals surface area contributed by atoms with Gasteiger partial charge in [-0.25, -0.2) is 4.39 Å². The summed E-state index contributed by atoms with van der Waals surface area (Å²) < 4.78 is 12.8. The molecule has 0 bridgehead atoms. The molecule has 0 saturated carbocycles. The third kappa shape index (κ3) is 1.72. The SMILES string of the molecule is NCC(N)c1ncccc1F. The van der Waals surface area contributed by atoms with Crippen LogP contribution in [0.15, 0.2) is 18.3 Å². The highest BCUT2D eigenvalue weighted by atomic mass is 19.1. The second-order valence-electron chi connectivity index (χ2n) is 2.21. The number of rotatable bonds is 2. The summed E-state index contributed by atoms with van der Waals surface area (Å²) in [5.41, 5.74) is 10.9. The van der Waals surface area contributed by atoms with E-state index in [0.717, 1.165) is 0 Å².